The minimum absolute atomic E-state index is 0.634. The number of aryl methyl sites for hydroxylation is 2. The van der Waals surface area contributed by atoms with Crippen molar-refractivity contribution in [1.29, 1.82) is 0 Å². The molecule has 2 heterocycles. The fourth-order valence-corrected chi connectivity index (χ4v) is 3.48. The first-order valence-corrected chi connectivity index (χ1v) is 8.20. The molecule has 0 spiro atoms. The van der Waals surface area contributed by atoms with Crippen molar-refractivity contribution in [2.24, 2.45) is 7.05 Å². The Balaban J connectivity index is 1.87. The van der Waals surface area contributed by atoms with Crippen LogP contribution in [0, 0.1) is 13.8 Å². The summed E-state index contributed by atoms with van der Waals surface area (Å²) in [5.41, 5.74) is 5.04. The van der Waals surface area contributed by atoms with E-state index in [1.807, 2.05) is 44.0 Å². The molecule has 0 saturated carbocycles. The van der Waals surface area contributed by atoms with Crippen LogP contribution in [0.3, 0.4) is 0 Å². The lowest BCUT2D eigenvalue weighted by Crippen LogP contribution is -2.37. The van der Waals surface area contributed by atoms with Crippen molar-refractivity contribution in [1.82, 2.24) is 14.7 Å². The summed E-state index contributed by atoms with van der Waals surface area (Å²) in [6.07, 6.45) is 3.00. The van der Waals surface area contributed by atoms with E-state index in [1.165, 1.54) is 11.1 Å². The fraction of sp³-hybridized carbons (Fsp3) is 0.368. The molecule has 0 fully saturated rings. The van der Waals surface area contributed by atoms with Crippen molar-refractivity contribution >= 4 is 11.5 Å². The molecule has 0 saturated heterocycles. The van der Waals surface area contributed by atoms with Gasteiger partial charge in [0, 0.05) is 31.4 Å². The summed E-state index contributed by atoms with van der Waals surface area (Å²) in [7, 11) is 1.86. The zero-order chi connectivity index (χ0) is 17.3. The Morgan fingerprint density at radius 3 is 2.46 bits per heavy atom. The van der Waals surface area contributed by atoms with E-state index in [4.69, 9.17) is 0 Å². The molecule has 1 aromatic carbocycles. The van der Waals surface area contributed by atoms with Crippen molar-refractivity contribution < 1.29 is 9.90 Å². The molecule has 0 bridgehead atoms. The molecule has 5 heteroatoms. The van der Waals surface area contributed by atoms with E-state index in [9.17, 15) is 9.90 Å². The Morgan fingerprint density at radius 1 is 1.25 bits per heavy atom. The molecule has 0 amide bonds. The highest BCUT2D eigenvalue weighted by molar-refractivity contribution is 5.77. The Hall–Kier alpha value is -2.40. The second kappa shape index (κ2) is 6.61. The number of aliphatic carboxylic acids is 1. The Kier molecular flexibility index (Phi) is 4.53. The average molecular weight is 325 g/mol. The van der Waals surface area contributed by atoms with Crippen LogP contribution in [-0.4, -0.2) is 38.8 Å². The van der Waals surface area contributed by atoms with Crippen LogP contribution < -0.4 is 0 Å². The largest absolute Gasteiger partial charge is 0.480 e. The Bertz CT molecular complexity index is 777. The van der Waals surface area contributed by atoms with Gasteiger partial charge in [0.05, 0.1) is 5.69 Å². The zero-order valence-corrected chi connectivity index (χ0v) is 14.4. The molecular formula is C19H23N3O2. The van der Waals surface area contributed by atoms with Crippen LogP contribution in [0.2, 0.25) is 0 Å². The van der Waals surface area contributed by atoms with Gasteiger partial charge in [-0.2, -0.15) is 5.10 Å². The normalized spacial score (nSPS) is 16.7. The minimum Gasteiger partial charge on any atom is -0.480 e. The van der Waals surface area contributed by atoms with E-state index in [2.05, 4.69) is 23.3 Å². The molecule has 24 heavy (non-hydrogen) atoms. The van der Waals surface area contributed by atoms with Gasteiger partial charge in [-0.15, -0.1) is 0 Å². The van der Waals surface area contributed by atoms with Crippen LogP contribution in [-0.2, 0) is 11.8 Å². The Labute approximate surface area is 142 Å². The second-order valence-corrected chi connectivity index (χ2v) is 6.29. The minimum atomic E-state index is -0.814. The van der Waals surface area contributed by atoms with Crippen LogP contribution >= 0.6 is 0 Å². The molecular weight excluding hydrogens is 302 g/mol. The molecule has 1 aliphatic rings. The summed E-state index contributed by atoms with van der Waals surface area (Å²) >= 11 is 0. The molecule has 1 unspecified atom stereocenters. The lowest BCUT2D eigenvalue weighted by Gasteiger charge is -2.32. The summed E-state index contributed by atoms with van der Waals surface area (Å²) in [6.45, 7) is 5.17. The number of carboxylic acids is 1. The molecule has 3 rings (SSSR count). The molecule has 5 nitrogen and oxygen atoms in total. The summed E-state index contributed by atoms with van der Waals surface area (Å²) in [6, 6.07) is 9.63. The van der Waals surface area contributed by atoms with E-state index in [0.29, 0.717) is 6.54 Å². The van der Waals surface area contributed by atoms with Gasteiger partial charge in [0.1, 0.15) is 6.04 Å². The highest BCUT2D eigenvalue weighted by Gasteiger charge is 2.33. The molecule has 1 atom stereocenters. The third-order valence-corrected chi connectivity index (χ3v) is 4.82. The smallest absolute Gasteiger partial charge is 0.325 e. The predicted octanol–water partition coefficient (Wildman–Crippen LogP) is 2.95. The maximum atomic E-state index is 12.0. The quantitative estimate of drug-likeness (QED) is 0.939. The summed E-state index contributed by atoms with van der Waals surface area (Å²) in [4.78, 5) is 14.0. The third kappa shape index (κ3) is 2.99. The predicted molar refractivity (Wildman–Crippen MR) is 93.7 cm³/mol. The number of aromatic nitrogens is 2. The number of hydrogen-bond acceptors (Lipinski definition) is 3. The van der Waals surface area contributed by atoms with Crippen molar-refractivity contribution in [2.75, 3.05) is 13.1 Å². The van der Waals surface area contributed by atoms with E-state index < -0.39 is 12.0 Å². The van der Waals surface area contributed by atoms with Crippen molar-refractivity contribution in [2.45, 2.75) is 26.3 Å². The van der Waals surface area contributed by atoms with Crippen molar-refractivity contribution in [3.8, 4) is 0 Å². The standard InChI is InChI=1S/C19H23N3O2/c1-13-17(14(2)21(3)20-13)18(19(23)24)22-11-9-16(10-12-22)15-7-5-4-6-8-15/h4-9,18H,10-12H2,1-3H3,(H,23,24). The number of carboxylic acid groups (broad SMARTS) is 1. The first kappa shape index (κ1) is 16.5. The number of nitrogens with zero attached hydrogens (tertiary/aromatic N) is 3. The number of benzene rings is 1. The summed E-state index contributed by atoms with van der Waals surface area (Å²) in [5.74, 6) is -0.814. The van der Waals surface area contributed by atoms with E-state index in [0.717, 1.165) is 29.9 Å². The molecule has 1 aromatic heterocycles. The SMILES string of the molecule is Cc1nn(C)c(C)c1C(C(=O)O)N1CC=C(c2ccccc2)CC1. The van der Waals surface area contributed by atoms with Crippen molar-refractivity contribution in [3.05, 3.63) is 58.9 Å². The van der Waals surface area contributed by atoms with Gasteiger partial charge < -0.3 is 5.11 Å². The van der Waals surface area contributed by atoms with Gasteiger partial charge in [0.2, 0.25) is 0 Å². The topological polar surface area (TPSA) is 58.4 Å². The Morgan fingerprint density at radius 2 is 1.96 bits per heavy atom. The van der Waals surface area contributed by atoms with Crippen LogP contribution in [0.4, 0.5) is 0 Å². The van der Waals surface area contributed by atoms with Gasteiger partial charge in [-0.3, -0.25) is 14.4 Å². The molecule has 126 valence electrons. The van der Waals surface area contributed by atoms with Gasteiger partial charge in [0.15, 0.2) is 0 Å². The van der Waals surface area contributed by atoms with E-state index >= 15 is 0 Å². The number of carbonyl (C=O) groups is 1. The fourth-order valence-electron chi connectivity index (χ4n) is 3.48. The van der Waals surface area contributed by atoms with Gasteiger partial charge in [-0.1, -0.05) is 36.4 Å². The van der Waals surface area contributed by atoms with Gasteiger partial charge in [-0.05, 0) is 31.4 Å². The molecule has 2 aromatic rings. The number of rotatable bonds is 4. The van der Waals surface area contributed by atoms with Crippen molar-refractivity contribution in [3.63, 3.8) is 0 Å². The monoisotopic (exact) mass is 325 g/mol. The second-order valence-electron chi connectivity index (χ2n) is 6.29. The van der Waals surface area contributed by atoms with Gasteiger partial charge in [0.25, 0.3) is 0 Å². The lowest BCUT2D eigenvalue weighted by atomic mass is 9.96. The first-order chi connectivity index (χ1) is 11.5. The molecule has 1 aliphatic heterocycles. The zero-order valence-electron chi connectivity index (χ0n) is 14.4. The molecule has 1 N–H and O–H groups in total. The first-order valence-electron chi connectivity index (χ1n) is 8.20. The molecule has 0 radical (unpaired) electrons. The number of hydrogen-bond donors (Lipinski definition) is 1. The van der Waals surface area contributed by atoms with Gasteiger partial charge in [-0.25, -0.2) is 0 Å². The van der Waals surface area contributed by atoms with Crippen LogP contribution in [0.25, 0.3) is 5.57 Å². The average Bonchev–Trinajstić information content (AvgIpc) is 2.83. The van der Waals surface area contributed by atoms with E-state index in [-0.39, 0.29) is 0 Å². The summed E-state index contributed by atoms with van der Waals surface area (Å²) in [5, 5.41) is 14.2. The maximum absolute atomic E-state index is 12.0. The van der Waals surface area contributed by atoms with Crippen LogP contribution in [0.15, 0.2) is 36.4 Å². The van der Waals surface area contributed by atoms with E-state index in [1.54, 1.807) is 4.68 Å². The maximum Gasteiger partial charge on any atom is 0.325 e. The van der Waals surface area contributed by atoms with Crippen LogP contribution in [0.5, 0.6) is 0 Å². The highest BCUT2D eigenvalue weighted by atomic mass is 16.4. The molecule has 0 aliphatic carbocycles. The van der Waals surface area contributed by atoms with Crippen LogP contribution in [0.1, 0.15) is 35.0 Å². The third-order valence-electron chi connectivity index (χ3n) is 4.82. The van der Waals surface area contributed by atoms with Gasteiger partial charge >= 0.3 is 5.97 Å². The highest BCUT2D eigenvalue weighted by Crippen LogP contribution is 2.31. The summed E-state index contributed by atoms with van der Waals surface area (Å²) < 4.78 is 1.76. The lowest BCUT2D eigenvalue weighted by molar-refractivity contribution is -0.143.